The van der Waals surface area contributed by atoms with Gasteiger partial charge in [-0.15, -0.1) is 0 Å². The molecule has 0 aliphatic carbocycles. The van der Waals surface area contributed by atoms with E-state index in [0.29, 0.717) is 12.2 Å². The molecule has 8 heteroatoms. The number of benzene rings is 1. The number of anilines is 1. The van der Waals surface area contributed by atoms with Crippen LogP contribution < -0.4 is 10.6 Å². The van der Waals surface area contributed by atoms with Crippen molar-refractivity contribution in [3.63, 3.8) is 0 Å². The van der Waals surface area contributed by atoms with Crippen molar-refractivity contribution in [2.24, 2.45) is 7.05 Å². The van der Waals surface area contributed by atoms with E-state index in [1.54, 1.807) is 30.2 Å². The number of amides is 1. The van der Waals surface area contributed by atoms with Crippen LogP contribution in [-0.4, -0.2) is 44.8 Å². The molecule has 0 bridgehead atoms. The molecule has 0 aliphatic heterocycles. The second-order valence-electron chi connectivity index (χ2n) is 8.47. The number of carbonyl (C=O) groups is 2. The van der Waals surface area contributed by atoms with Gasteiger partial charge in [0.2, 0.25) is 5.91 Å². The van der Waals surface area contributed by atoms with Crippen LogP contribution >= 0.6 is 0 Å². The molecule has 3 rings (SSSR count). The third-order valence-electron chi connectivity index (χ3n) is 4.62. The number of nitrogens with zero attached hydrogens (tertiary/aromatic N) is 3. The Labute approximate surface area is 188 Å². The van der Waals surface area contributed by atoms with Gasteiger partial charge in [0.25, 0.3) is 0 Å². The van der Waals surface area contributed by atoms with Crippen molar-refractivity contribution in [3.8, 4) is 11.3 Å². The Morgan fingerprint density at radius 3 is 2.44 bits per heavy atom. The Morgan fingerprint density at radius 1 is 1.09 bits per heavy atom. The number of aromatic nitrogens is 3. The standard InChI is InChI=1S/C24H29N5O3/c1-24(2,3)32-22(30)16-26-20(14-17-8-6-5-7-9-17)23(31)27-21-15-19(28-29(21)4)18-10-12-25-13-11-18/h5-13,15,20,26H,14,16H2,1-4H3,(H,27,31)/t20-/m0/s1. The summed E-state index contributed by atoms with van der Waals surface area (Å²) in [4.78, 5) is 29.3. The van der Waals surface area contributed by atoms with Gasteiger partial charge in [0.15, 0.2) is 0 Å². The number of ether oxygens (including phenoxy) is 1. The molecule has 1 amide bonds. The smallest absolute Gasteiger partial charge is 0.320 e. The lowest BCUT2D eigenvalue weighted by Crippen LogP contribution is -2.45. The Balaban J connectivity index is 1.73. The lowest BCUT2D eigenvalue weighted by Gasteiger charge is -2.22. The SMILES string of the molecule is Cn1nc(-c2ccncc2)cc1NC(=O)[C@H](Cc1ccccc1)NCC(=O)OC(C)(C)C. The average molecular weight is 436 g/mol. The maximum Gasteiger partial charge on any atom is 0.320 e. The van der Waals surface area contributed by atoms with Crippen molar-refractivity contribution in [1.82, 2.24) is 20.1 Å². The Morgan fingerprint density at radius 2 is 1.78 bits per heavy atom. The summed E-state index contributed by atoms with van der Waals surface area (Å²) in [6.07, 6.45) is 3.81. The van der Waals surface area contributed by atoms with Gasteiger partial charge in [0.1, 0.15) is 11.4 Å². The van der Waals surface area contributed by atoms with Crippen LogP contribution in [0.25, 0.3) is 11.3 Å². The average Bonchev–Trinajstić information content (AvgIpc) is 3.11. The highest BCUT2D eigenvalue weighted by Gasteiger charge is 2.23. The summed E-state index contributed by atoms with van der Waals surface area (Å²) in [5, 5.41) is 10.4. The van der Waals surface area contributed by atoms with Gasteiger partial charge >= 0.3 is 5.97 Å². The second kappa shape index (κ2) is 10.2. The molecule has 0 saturated heterocycles. The van der Waals surface area contributed by atoms with Crippen LogP contribution in [-0.2, 0) is 27.8 Å². The molecule has 0 unspecified atom stereocenters. The quantitative estimate of drug-likeness (QED) is 0.528. The first kappa shape index (κ1) is 23.1. The zero-order chi connectivity index (χ0) is 23.1. The van der Waals surface area contributed by atoms with Gasteiger partial charge in [-0.2, -0.15) is 5.10 Å². The van der Waals surface area contributed by atoms with Gasteiger partial charge in [0.05, 0.1) is 18.3 Å². The highest BCUT2D eigenvalue weighted by molar-refractivity contribution is 5.95. The van der Waals surface area contributed by atoms with E-state index in [1.165, 1.54) is 0 Å². The monoisotopic (exact) mass is 435 g/mol. The van der Waals surface area contributed by atoms with Crippen molar-refractivity contribution < 1.29 is 14.3 Å². The number of carbonyl (C=O) groups excluding carboxylic acids is 2. The number of aryl methyl sites for hydroxylation is 1. The van der Waals surface area contributed by atoms with Crippen LogP contribution in [0.4, 0.5) is 5.82 Å². The predicted octanol–water partition coefficient (Wildman–Crippen LogP) is 2.96. The van der Waals surface area contributed by atoms with E-state index in [4.69, 9.17) is 4.74 Å². The Hall–Kier alpha value is -3.52. The van der Waals surface area contributed by atoms with Crippen LogP contribution in [0.5, 0.6) is 0 Å². The fourth-order valence-corrected chi connectivity index (χ4v) is 3.15. The number of esters is 1. The third kappa shape index (κ3) is 6.75. The zero-order valence-corrected chi connectivity index (χ0v) is 18.8. The number of pyridine rings is 1. The molecular weight excluding hydrogens is 406 g/mol. The maximum absolute atomic E-state index is 13.1. The van der Waals surface area contributed by atoms with Crippen molar-refractivity contribution in [2.45, 2.75) is 38.8 Å². The Kier molecular flexibility index (Phi) is 7.37. The minimum atomic E-state index is -0.635. The normalized spacial score (nSPS) is 12.2. The van der Waals surface area contributed by atoms with E-state index in [2.05, 4.69) is 20.7 Å². The summed E-state index contributed by atoms with van der Waals surface area (Å²) in [5.41, 5.74) is 2.02. The highest BCUT2D eigenvalue weighted by Crippen LogP contribution is 2.20. The fraction of sp³-hybridized carbons (Fsp3) is 0.333. The predicted molar refractivity (Wildman–Crippen MR) is 123 cm³/mol. The number of hydrogen-bond acceptors (Lipinski definition) is 6. The van der Waals surface area contributed by atoms with Crippen LogP contribution in [0.2, 0.25) is 0 Å². The molecule has 2 heterocycles. The topological polar surface area (TPSA) is 98.1 Å². The summed E-state index contributed by atoms with van der Waals surface area (Å²) >= 11 is 0. The number of hydrogen-bond donors (Lipinski definition) is 2. The van der Waals surface area contributed by atoms with Gasteiger partial charge in [-0.1, -0.05) is 30.3 Å². The fourth-order valence-electron chi connectivity index (χ4n) is 3.15. The highest BCUT2D eigenvalue weighted by atomic mass is 16.6. The number of nitrogens with one attached hydrogen (secondary N) is 2. The van der Waals surface area contributed by atoms with E-state index in [9.17, 15) is 9.59 Å². The minimum absolute atomic E-state index is 0.0736. The van der Waals surface area contributed by atoms with E-state index >= 15 is 0 Å². The first-order valence-electron chi connectivity index (χ1n) is 10.5. The summed E-state index contributed by atoms with van der Waals surface area (Å²) < 4.78 is 6.97. The van der Waals surface area contributed by atoms with Gasteiger partial charge in [0, 0.05) is 31.1 Å². The molecule has 0 saturated carbocycles. The summed E-state index contributed by atoms with van der Waals surface area (Å²) in [7, 11) is 1.76. The van der Waals surface area contributed by atoms with Crippen molar-refractivity contribution in [1.29, 1.82) is 0 Å². The summed E-state index contributed by atoms with van der Waals surface area (Å²) in [5.74, 6) is -0.121. The molecule has 0 fully saturated rings. The number of rotatable bonds is 8. The molecule has 2 aromatic heterocycles. The van der Waals surface area contributed by atoms with Crippen molar-refractivity contribution in [3.05, 3.63) is 66.5 Å². The van der Waals surface area contributed by atoms with Crippen molar-refractivity contribution >= 4 is 17.7 Å². The first-order valence-corrected chi connectivity index (χ1v) is 10.5. The zero-order valence-electron chi connectivity index (χ0n) is 18.8. The molecule has 2 N–H and O–H groups in total. The first-order chi connectivity index (χ1) is 15.2. The molecule has 8 nitrogen and oxygen atoms in total. The van der Waals surface area contributed by atoms with E-state index in [-0.39, 0.29) is 12.5 Å². The Bertz CT molecular complexity index is 1040. The molecule has 0 aliphatic rings. The molecule has 32 heavy (non-hydrogen) atoms. The molecule has 168 valence electrons. The van der Waals surface area contributed by atoms with Crippen LogP contribution in [0.3, 0.4) is 0 Å². The van der Waals surface area contributed by atoms with E-state index in [1.807, 2.05) is 63.2 Å². The van der Waals surface area contributed by atoms with Gasteiger partial charge in [-0.05, 0) is 44.9 Å². The maximum atomic E-state index is 13.1. The van der Waals surface area contributed by atoms with Crippen molar-refractivity contribution in [2.75, 3.05) is 11.9 Å². The molecule has 1 aromatic carbocycles. The van der Waals surface area contributed by atoms with Gasteiger partial charge in [-0.3, -0.25) is 24.6 Å². The van der Waals surface area contributed by atoms with Crippen LogP contribution in [0.1, 0.15) is 26.3 Å². The molecule has 0 spiro atoms. The minimum Gasteiger partial charge on any atom is -0.459 e. The second-order valence-corrected chi connectivity index (χ2v) is 8.47. The van der Waals surface area contributed by atoms with E-state index < -0.39 is 17.6 Å². The summed E-state index contributed by atoms with van der Waals surface area (Å²) in [6, 6.07) is 14.5. The molecular formula is C24H29N5O3. The van der Waals surface area contributed by atoms with Crippen LogP contribution in [0, 0.1) is 0 Å². The lowest BCUT2D eigenvalue weighted by atomic mass is 10.1. The third-order valence-corrected chi connectivity index (χ3v) is 4.62. The largest absolute Gasteiger partial charge is 0.459 e. The summed E-state index contributed by atoms with van der Waals surface area (Å²) in [6.45, 7) is 5.35. The molecule has 0 radical (unpaired) electrons. The lowest BCUT2D eigenvalue weighted by molar-refractivity contribution is -0.153. The molecule has 3 aromatic rings. The van der Waals surface area contributed by atoms with Crippen LogP contribution in [0.15, 0.2) is 60.9 Å². The van der Waals surface area contributed by atoms with Gasteiger partial charge in [-0.25, -0.2) is 0 Å². The van der Waals surface area contributed by atoms with E-state index in [0.717, 1.165) is 16.8 Å². The molecule has 1 atom stereocenters. The van der Waals surface area contributed by atoms with Gasteiger partial charge < -0.3 is 10.1 Å².